The Morgan fingerprint density at radius 3 is 3.18 bits per heavy atom. The van der Waals surface area contributed by atoms with E-state index in [9.17, 15) is 4.79 Å². The van der Waals surface area contributed by atoms with E-state index in [-0.39, 0.29) is 6.10 Å². The van der Waals surface area contributed by atoms with Crippen molar-refractivity contribution in [1.29, 1.82) is 0 Å². The Morgan fingerprint density at radius 1 is 2.00 bits per heavy atom. The first-order valence-electron chi connectivity index (χ1n) is 3.40. The number of thioether (sulfide) groups is 1. The highest BCUT2D eigenvalue weighted by atomic mass is 32.2. The van der Waals surface area contributed by atoms with Crippen LogP contribution in [0.4, 0.5) is 4.79 Å². The lowest BCUT2D eigenvalue weighted by atomic mass is 10.3. The fourth-order valence-electron chi connectivity index (χ4n) is 0.725. The number of hydrogen-bond acceptors (Lipinski definition) is 3. The molecule has 0 spiro atoms. The zero-order chi connectivity index (χ0) is 8.27. The molecule has 0 aliphatic carbocycles. The molecule has 1 atom stereocenters. The van der Waals surface area contributed by atoms with Crippen LogP contribution in [0.1, 0.15) is 13.3 Å². The third-order valence-corrected chi connectivity index (χ3v) is 2.29. The number of rotatable bonds is 1. The molecule has 1 saturated heterocycles. The lowest BCUT2D eigenvalue weighted by molar-refractivity contribution is 0.224. The SMILES string of the molecule is CCC1CS/C(=N\C(N)=O)O1. The molecule has 0 aromatic heterocycles. The molecule has 4 nitrogen and oxygen atoms in total. The van der Waals surface area contributed by atoms with Crippen LogP contribution in [-0.2, 0) is 4.74 Å². The zero-order valence-electron chi connectivity index (χ0n) is 6.24. The molecule has 1 fully saturated rings. The van der Waals surface area contributed by atoms with Crippen LogP contribution in [0.2, 0.25) is 0 Å². The molecule has 11 heavy (non-hydrogen) atoms. The van der Waals surface area contributed by atoms with E-state index < -0.39 is 6.03 Å². The Hall–Kier alpha value is -0.710. The monoisotopic (exact) mass is 174 g/mol. The average molecular weight is 174 g/mol. The van der Waals surface area contributed by atoms with Crippen molar-refractivity contribution in [2.24, 2.45) is 10.7 Å². The van der Waals surface area contributed by atoms with Gasteiger partial charge in [-0.1, -0.05) is 18.7 Å². The van der Waals surface area contributed by atoms with Crippen LogP contribution < -0.4 is 5.73 Å². The molecule has 0 aromatic rings. The lowest BCUT2D eigenvalue weighted by Gasteiger charge is -2.02. The van der Waals surface area contributed by atoms with Crippen LogP contribution in [0.3, 0.4) is 0 Å². The van der Waals surface area contributed by atoms with E-state index in [1.165, 1.54) is 11.8 Å². The van der Waals surface area contributed by atoms with Crippen molar-refractivity contribution >= 4 is 23.0 Å². The fraction of sp³-hybridized carbons (Fsp3) is 0.667. The first kappa shape index (κ1) is 8.39. The van der Waals surface area contributed by atoms with Gasteiger partial charge in [0.15, 0.2) is 0 Å². The maximum absolute atomic E-state index is 10.3. The Kier molecular flexibility index (Phi) is 2.76. The first-order chi connectivity index (χ1) is 5.22. The molecule has 2 N–H and O–H groups in total. The van der Waals surface area contributed by atoms with E-state index in [4.69, 9.17) is 10.5 Å². The van der Waals surface area contributed by atoms with Crippen molar-refractivity contribution in [1.82, 2.24) is 0 Å². The fourth-order valence-corrected chi connectivity index (χ4v) is 1.72. The number of carbonyl (C=O) groups excluding carboxylic acids is 1. The highest BCUT2D eigenvalue weighted by molar-refractivity contribution is 8.13. The minimum Gasteiger partial charge on any atom is -0.469 e. The number of nitrogens with two attached hydrogens (primary N) is 1. The van der Waals surface area contributed by atoms with Crippen molar-refractivity contribution in [3.05, 3.63) is 0 Å². The lowest BCUT2D eigenvalue weighted by Crippen LogP contribution is -2.10. The van der Waals surface area contributed by atoms with E-state index in [0.29, 0.717) is 5.23 Å². The standard InChI is InChI=1S/C6H10N2O2S/c1-2-4-3-11-6(10-4)8-5(7)9/h4H,2-3H2,1H3,(H2,7,9)/b8-6-. The Morgan fingerprint density at radius 2 is 2.73 bits per heavy atom. The summed E-state index contributed by atoms with van der Waals surface area (Å²) in [6.45, 7) is 2.03. The van der Waals surface area contributed by atoms with Gasteiger partial charge in [0.1, 0.15) is 6.10 Å². The molecule has 0 radical (unpaired) electrons. The summed E-state index contributed by atoms with van der Waals surface area (Å²) in [4.78, 5) is 13.8. The van der Waals surface area contributed by atoms with Crippen LogP contribution in [0.15, 0.2) is 4.99 Å². The van der Waals surface area contributed by atoms with Crippen LogP contribution in [0.5, 0.6) is 0 Å². The molecule has 1 rings (SSSR count). The molecule has 0 saturated carbocycles. The smallest absolute Gasteiger partial charge is 0.342 e. The van der Waals surface area contributed by atoms with Crippen LogP contribution in [0.25, 0.3) is 0 Å². The van der Waals surface area contributed by atoms with Gasteiger partial charge in [-0.05, 0) is 6.42 Å². The molecule has 1 heterocycles. The van der Waals surface area contributed by atoms with Gasteiger partial charge in [0.25, 0.3) is 5.23 Å². The molecule has 0 aromatic carbocycles. The van der Waals surface area contributed by atoms with E-state index in [1.807, 2.05) is 6.92 Å². The second kappa shape index (κ2) is 3.61. The van der Waals surface area contributed by atoms with Crippen molar-refractivity contribution in [3.8, 4) is 0 Å². The maximum atomic E-state index is 10.3. The van der Waals surface area contributed by atoms with E-state index in [1.54, 1.807) is 0 Å². The minimum atomic E-state index is -0.691. The van der Waals surface area contributed by atoms with Gasteiger partial charge < -0.3 is 10.5 Å². The van der Waals surface area contributed by atoms with Crippen molar-refractivity contribution in [3.63, 3.8) is 0 Å². The van der Waals surface area contributed by atoms with Gasteiger partial charge in [0.05, 0.1) is 0 Å². The van der Waals surface area contributed by atoms with Gasteiger partial charge in [-0.2, -0.15) is 4.99 Å². The summed E-state index contributed by atoms with van der Waals surface area (Å²) in [5.74, 6) is 0.864. The van der Waals surface area contributed by atoms with Crippen LogP contribution in [-0.4, -0.2) is 23.1 Å². The Bertz CT molecular complexity index is 193. The number of primary amides is 1. The van der Waals surface area contributed by atoms with Crippen LogP contribution >= 0.6 is 11.8 Å². The first-order valence-corrected chi connectivity index (χ1v) is 4.38. The molecule has 62 valence electrons. The predicted molar refractivity (Wildman–Crippen MR) is 44.6 cm³/mol. The maximum Gasteiger partial charge on any atom is 0.342 e. The van der Waals surface area contributed by atoms with Gasteiger partial charge in [0, 0.05) is 5.75 Å². The second-order valence-electron chi connectivity index (χ2n) is 2.18. The average Bonchev–Trinajstić information content (AvgIpc) is 2.34. The molecule has 1 unspecified atom stereocenters. The molecule has 0 bridgehead atoms. The topological polar surface area (TPSA) is 64.7 Å². The number of amides is 2. The Balaban J connectivity index is 2.47. The second-order valence-corrected chi connectivity index (χ2v) is 3.15. The summed E-state index contributed by atoms with van der Waals surface area (Å²) < 4.78 is 5.23. The van der Waals surface area contributed by atoms with E-state index in [2.05, 4.69) is 4.99 Å². The summed E-state index contributed by atoms with van der Waals surface area (Å²) in [5, 5.41) is 0.407. The molecular weight excluding hydrogens is 164 g/mol. The van der Waals surface area contributed by atoms with Gasteiger partial charge >= 0.3 is 6.03 Å². The normalized spacial score (nSPS) is 27.0. The van der Waals surface area contributed by atoms with Gasteiger partial charge in [0.2, 0.25) is 0 Å². The third-order valence-electron chi connectivity index (χ3n) is 1.32. The number of urea groups is 1. The highest BCUT2D eigenvalue weighted by Crippen LogP contribution is 2.21. The molecule has 2 amide bonds. The number of ether oxygens (including phenoxy) is 1. The summed E-state index contributed by atoms with van der Waals surface area (Å²) in [6.07, 6.45) is 1.13. The summed E-state index contributed by atoms with van der Waals surface area (Å²) in [7, 11) is 0. The van der Waals surface area contributed by atoms with Crippen LogP contribution in [0, 0.1) is 0 Å². The quantitative estimate of drug-likeness (QED) is 0.644. The number of nitrogens with zero attached hydrogens (tertiary/aromatic N) is 1. The van der Waals surface area contributed by atoms with Crippen molar-refractivity contribution in [2.75, 3.05) is 5.75 Å². The van der Waals surface area contributed by atoms with E-state index >= 15 is 0 Å². The van der Waals surface area contributed by atoms with Crippen molar-refractivity contribution in [2.45, 2.75) is 19.4 Å². The summed E-state index contributed by atoms with van der Waals surface area (Å²) in [5.41, 5.74) is 4.84. The molecular formula is C6H10N2O2S. The molecule has 1 aliphatic rings. The third kappa shape index (κ3) is 2.42. The van der Waals surface area contributed by atoms with Gasteiger partial charge in [-0.25, -0.2) is 4.79 Å². The summed E-state index contributed by atoms with van der Waals surface area (Å²) >= 11 is 1.43. The number of hydrogen-bond donors (Lipinski definition) is 1. The minimum absolute atomic E-state index is 0.193. The van der Waals surface area contributed by atoms with E-state index in [0.717, 1.165) is 12.2 Å². The van der Waals surface area contributed by atoms with Crippen molar-refractivity contribution < 1.29 is 9.53 Å². The summed E-state index contributed by atoms with van der Waals surface area (Å²) in [6, 6.07) is -0.691. The predicted octanol–water partition coefficient (Wildman–Crippen LogP) is 0.963. The largest absolute Gasteiger partial charge is 0.469 e. The number of aliphatic imine (C=N–C) groups is 1. The Labute approximate surface area is 69.2 Å². The molecule has 1 aliphatic heterocycles. The number of carbonyl (C=O) groups is 1. The van der Waals surface area contributed by atoms with Gasteiger partial charge in [-0.15, -0.1) is 0 Å². The zero-order valence-corrected chi connectivity index (χ0v) is 7.06. The highest BCUT2D eigenvalue weighted by Gasteiger charge is 2.21. The molecule has 5 heteroatoms. The van der Waals surface area contributed by atoms with Gasteiger partial charge in [-0.3, -0.25) is 0 Å².